The zero-order valence-electron chi connectivity index (χ0n) is 84.4. The molecule has 0 heteroatoms. The second-order valence-corrected chi connectivity index (χ2v) is 51.4. The first-order valence-electron chi connectivity index (χ1n) is 59.4. The highest BCUT2D eigenvalue weighted by atomic mass is 14.7. The summed E-state index contributed by atoms with van der Waals surface area (Å²) in [5.74, 6) is 49.2. The Hall–Kier alpha value is -7.02. The molecule has 37 rings (SSSR count). The van der Waals surface area contributed by atoms with Crippen molar-refractivity contribution >= 4 is 0 Å². The molecule has 726 valence electrons. The third kappa shape index (κ3) is 17.8. The van der Waals surface area contributed by atoms with Crippen LogP contribution < -0.4 is 0 Å². The molecule has 138 heavy (non-hydrogen) atoms. The molecule has 0 aromatic heterocycles. The summed E-state index contributed by atoms with van der Waals surface area (Å²) in [7, 11) is 0. The molecule has 0 N–H and O–H groups in total. The zero-order chi connectivity index (χ0) is 91.5. The van der Waals surface area contributed by atoms with Crippen LogP contribution in [0, 0.1) is 284 Å². The Morgan fingerprint density at radius 3 is 0.913 bits per heavy atom. The van der Waals surface area contributed by atoms with Crippen molar-refractivity contribution in [1.29, 1.82) is 0 Å². The van der Waals surface area contributed by atoms with Crippen LogP contribution in [0.1, 0.15) is 231 Å². The Morgan fingerprint density at radius 2 is 0.471 bits per heavy atom. The fourth-order valence-corrected chi connectivity index (χ4v) is 41.0. The highest BCUT2D eigenvalue weighted by Gasteiger charge is 2.70. The van der Waals surface area contributed by atoms with E-state index in [4.69, 9.17) is 0 Å². The first kappa shape index (κ1) is 92.1. The summed E-state index contributed by atoms with van der Waals surface area (Å²) in [4.78, 5) is 0. The van der Waals surface area contributed by atoms with Gasteiger partial charge in [0.1, 0.15) is 0 Å². The second-order valence-electron chi connectivity index (χ2n) is 51.4. The molecule has 0 spiro atoms. The molecule has 37 aliphatic rings. The van der Waals surface area contributed by atoms with Crippen LogP contribution in [0.15, 0.2) is 328 Å². The fraction of sp³-hybridized carbons (Fsp3) is 0.609. The second kappa shape index (κ2) is 41.6. The van der Waals surface area contributed by atoms with Gasteiger partial charge >= 0.3 is 0 Å². The third-order valence-electron chi connectivity index (χ3n) is 45.7. The van der Waals surface area contributed by atoms with E-state index >= 15 is 0 Å². The van der Waals surface area contributed by atoms with E-state index in [1.165, 1.54) is 180 Å². The lowest BCUT2D eigenvalue weighted by atomic mass is 9.62. The lowest BCUT2D eigenvalue weighted by Crippen LogP contribution is -2.38. The molecule has 0 aliphatic heterocycles. The van der Waals surface area contributed by atoms with Gasteiger partial charge in [-0.25, -0.2) is 0 Å². The summed E-state index contributed by atoms with van der Waals surface area (Å²) >= 11 is 0. The van der Waals surface area contributed by atoms with Gasteiger partial charge in [0.25, 0.3) is 0 Å². The predicted octanol–water partition coefficient (Wildman–Crippen LogP) is 35.0. The van der Waals surface area contributed by atoms with Crippen LogP contribution in [0.25, 0.3) is 0 Å². The summed E-state index contributed by atoms with van der Waals surface area (Å²) in [5.41, 5.74) is 1.57. The van der Waals surface area contributed by atoms with Gasteiger partial charge in [0.05, 0.1) is 0 Å². The summed E-state index contributed by atoms with van der Waals surface area (Å²) < 4.78 is 0. The molecule has 16 fully saturated rings. The third-order valence-corrected chi connectivity index (χ3v) is 45.7. The number of hydrogen-bond acceptors (Lipinski definition) is 0. The molecule has 44 unspecified atom stereocenters. The molecular formula is C138H174. The van der Waals surface area contributed by atoms with Gasteiger partial charge in [-0.05, 0) is 521 Å². The van der Waals surface area contributed by atoms with E-state index in [0.29, 0.717) is 0 Å². The molecule has 0 saturated heterocycles. The molecule has 0 amide bonds. The molecule has 16 saturated carbocycles. The van der Waals surface area contributed by atoms with Gasteiger partial charge < -0.3 is 0 Å². The summed E-state index contributed by atoms with van der Waals surface area (Å²) in [5, 5.41) is 0. The average molecular weight is 1830 g/mol. The standard InChI is InChI=1S/C17H20.C16H20.C15H18.C14H16.C12H14.C11H14.C10H12.C9H12.2C8H12.C7H10.C6H8.C5H6/c1-2-9-5-8(1)14-12-7-13(15(9)14)17-11-4-3-10(6-11)16(12)17;1-2-4-12-11(3-1)13-8-14(12)16-10-6-5-9(7-10)15(13)16;1-2-10-11(3-1)13-7-12(10)14-8-4-5-9(6-8)15(13)14;1-2-8-5-11-7-12(8)14-10-4-3-9(6-10)13(11)14;1-2-8-5-7(1)11-9-3-4-10(6-9)12(8)11;1-2-4-11-9-6-5-8(7-9)10(11)3-1;1-2-9-7-4-5-8(6-7)10(9)3-1;1-2-5-9-7-3-6-8(9)4-1;2*1-2-4-6-8-7-5-3-1;1-2-4-6-7-5-3-1;1-2-4-6-5-3-1;1-2-4-5-3-1/h1-4,8-17H,5-7H2;1-2,5-6,9-16H,3-4,7-8H2;1-2,4-5,8-15H,3,6-7H2;2-5,9-14H,1,6-7H2;1-4,7-12H,5-6H2;1-2,5-6,8-11H,3-4,7H2;1-2,4-5,7-10H,3,6H2;1-3,6,8-9H,4-5,7H2;1-2,7-8H,3-6H2;1-2,5,7H,3-4,6,8H2;1-2,5,7H,3-4,6H2;1-2,5-6H,3-4H2;1-4H,5H2/b;;;;;;;;2-1-,8-7?;2-1-,7-5?;;;. The highest BCUT2D eigenvalue weighted by Crippen LogP contribution is 2.77. The van der Waals surface area contributed by atoms with E-state index in [1.807, 2.05) is 0 Å². The van der Waals surface area contributed by atoms with Gasteiger partial charge in [-0.3, -0.25) is 0 Å². The van der Waals surface area contributed by atoms with E-state index < -0.39 is 0 Å². The minimum atomic E-state index is 0.877. The van der Waals surface area contributed by atoms with Crippen LogP contribution >= 0.6 is 0 Å². The van der Waals surface area contributed by atoms with E-state index in [-0.39, 0.29) is 0 Å². The van der Waals surface area contributed by atoms with Gasteiger partial charge in [0.2, 0.25) is 0 Å². The molecule has 0 nitrogen and oxygen atoms in total. The number of hydrogen-bond donors (Lipinski definition) is 0. The Balaban J connectivity index is 0.0000000803. The van der Waals surface area contributed by atoms with Crippen LogP contribution in [-0.2, 0) is 0 Å². The molecular weight excluding hydrogens is 1660 g/mol. The lowest BCUT2D eigenvalue weighted by molar-refractivity contribution is 0.0811. The topological polar surface area (TPSA) is 0 Å². The molecule has 0 radical (unpaired) electrons. The molecule has 0 heterocycles. The number of rotatable bonds is 1. The van der Waals surface area contributed by atoms with E-state index in [1.54, 1.807) is 24.8 Å². The van der Waals surface area contributed by atoms with E-state index in [2.05, 4.69) is 323 Å². The Morgan fingerprint density at radius 1 is 0.174 bits per heavy atom. The lowest BCUT2D eigenvalue weighted by Gasteiger charge is -2.42. The summed E-state index contributed by atoms with van der Waals surface area (Å²) in [6.45, 7) is 3.95. The van der Waals surface area contributed by atoms with Crippen molar-refractivity contribution in [2.45, 2.75) is 231 Å². The van der Waals surface area contributed by atoms with E-state index in [9.17, 15) is 0 Å². The van der Waals surface area contributed by atoms with Crippen LogP contribution in [-0.4, -0.2) is 0 Å². The van der Waals surface area contributed by atoms with Gasteiger partial charge in [0.15, 0.2) is 0 Å². The maximum Gasteiger partial charge on any atom is -0.0122 e. The number of fused-ring (bicyclic) bond motifs is 69. The zero-order valence-corrected chi connectivity index (χ0v) is 84.4. The van der Waals surface area contributed by atoms with Gasteiger partial charge in [-0.15, -0.1) is 0 Å². The Labute approximate surface area is 837 Å². The fourth-order valence-electron chi connectivity index (χ4n) is 41.0. The van der Waals surface area contributed by atoms with Crippen molar-refractivity contribution in [3.8, 4) is 0 Å². The van der Waals surface area contributed by atoms with Gasteiger partial charge in [0, 0.05) is 0 Å². The van der Waals surface area contributed by atoms with Gasteiger partial charge in [-0.2, -0.15) is 0 Å². The summed E-state index contributed by atoms with van der Waals surface area (Å²) in [6, 6.07) is 0. The molecule has 0 aromatic rings. The van der Waals surface area contributed by atoms with Crippen molar-refractivity contribution in [2.75, 3.05) is 0 Å². The molecule has 37 aliphatic carbocycles. The highest BCUT2D eigenvalue weighted by molar-refractivity contribution is 5.38. The molecule has 26 bridgehead atoms. The largest absolute Gasteiger partial charge is 0.0988 e. The molecule has 0 aromatic carbocycles. The average Bonchev–Trinajstić information content (AvgIpc) is 1.54. The maximum absolute atomic E-state index is 3.95. The van der Waals surface area contributed by atoms with Gasteiger partial charge in [-0.1, -0.05) is 323 Å². The first-order chi connectivity index (χ1) is 68.5. The van der Waals surface area contributed by atoms with Crippen LogP contribution in [0.5, 0.6) is 0 Å². The Kier molecular flexibility index (Phi) is 27.8. The maximum atomic E-state index is 3.95. The first-order valence-corrected chi connectivity index (χ1v) is 59.4. The van der Waals surface area contributed by atoms with Crippen molar-refractivity contribution in [1.82, 2.24) is 0 Å². The molecule has 44 atom stereocenters. The predicted molar refractivity (Wildman–Crippen MR) is 581 cm³/mol. The van der Waals surface area contributed by atoms with Crippen molar-refractivity contribution < 1.29 is 0 Å². The van der Waals surface area contributed by atoms with E-state index in [0.717, 1.165) is 316 Å². The SMILES string of the molecule is C1=CC2C(C1)C1CC2C2C3C=CC(C3)C12.C1=CC2C3C=CC(C3)C2C1.C1=CC2CC1C1C3C=CC(C3)C21.C1=CC2CC1C1C3CC(C21)C1C2C=CC(C2)C31.C1=CCC/C=C\CC1.C1=CCC2C(C1)C1CC2C2C3C=CC(C3)C12.C1=CCC2C3C=CC(C3)C2C1.C1=CCC2CC=CC2C1.C1=CCC=C1.C1=CCC=CC1.C1=CCCC/C=C\C1.C1=CCCC=CC1.C=CC1=CC2CC1C1C3C=CC(C3)C21. The monoisotopic (exact) mass is 1830 g/mol. The minimum absolute atomic E-state index is 0.877. The van der Waals surface area contributed by atoms with Crippen molar-refractivity contribution in [3.63, 3.8) is 0 Å². The smallest absolute Gasteiger partial charge is 0.0122 e. The van der Waals surface area contributed by atoms with Crippen LogP contribution in [0.3, 0.4) is 0 Å². The van der Waals surface area contributed by atoms with Crippen LogP contribution in [0.2, 0.25) is 0 Å². The van der Waals surface area contributed by atoms with Crippen molar-refractivity contribution in [3.05, 3.63) is 328 Å². The Bertz CT molecular complexity index is 4870. The van der Waals surface area contributed by atoms with Crippen molar-refractivity contribution in [2.24, 2.45) is 284 Å². The normalized spacial score (nSPS) is 50.5. The quantitative estimate of drug-likeness (QED) is 0.181. The van der Waals surface area contributed by atoms with Crippen LogP contribution in [0.4, 0.5) is 0 Å². The summed E-state index contributed by atoms with van der Waals surface area (Å²) in [6.07, 6.45) is 172. The minimum Gasteiger partial charge on any atom is -0.0988 e. The number of allylic oxidation sites excluding steroid dienone is 53.